The van der Waals surface area contributed by atoms with Gasteiger partial charge in [-0.25, -0.2) is 4.68 Å². The van der Waals surface area contributed by atoms with Crippen LogP contribution in [-0.4, -0.2) is 52.7 Å². The molecule has 6 nitrogen and oxygen atoms in total. The molecule has 0 saturated carbocycles. The molecule has 28 heavy (non-hydrogen) atoms. The molecule has 1 aliphatic rings. The number of nitrogens with zero attached hydrogens (tertiary/aromatic N) is 4. The molecule has 1 saturated heterocycles. The van der Waals surface area contributed by atoms with Gasteiger partial charge in [0, 0.05) is 23.7 Å². The van der Waals surface area contributed by atoms with Crippen LogP contribution in [0.5, 0.6) is 5.75 Å². The summed E-state index contributed by atoms with van der Waals surface area (Å²) in [5.41, 5.74) is 1.85. The number of methoxy groups -OCH3 is 1. The fraction of sp³-hybridized carbons (Fsp3) is 0.300. The van der Waals surface area contributed by atoms with Gasteiger partial charge in [0.05, 0.1) is 32.7 Å². The second-order valence-electron chi connectivity index (χ2n) is 6.52. The van der Waals surface area contributed by atoms with Gasteiger partial charge in [-0.15, -0.1) is 5.10 Å². The number of rotatable bonds is 5. The highest BCUT2D eigenvalue weighted by molar-refractivity contribution is 7.71. The zero-order valence-corrected chi connectivity index (χ0v) is 17.1. The van der Waals surface area contributed by atoms with Crippen LogP contribution in [0.15, 0.2) is 48.5 Å². The maximum Gasteiger partial charge on any atom is 0.204 e. The third kappa shape index (κ3) is 3.98. The van der Waals surface area contributed by atoms with E-state index in [1.165, 1.54) is 0 Å². The van der Waals surface area contributed by atoms with Crippen molar-refractivity contribution in [2.24, 2.45) is 0 Å². The first-order valence-electron chi connectivity index (χ1n) is 9.06. The van der Waals surface area contributed by atoms with E-state index in [4.69, 9.17) is 38.4 Å². The topological polar surface area (TPSA) is 44.4 Å². The monoisotopic (exact) mass is 416 g/mol. The van der Waals surface area contributed by atoms with Crippen molar-refractivity contribution in [3.63, 3.8) is 0 Å². The van der Waals surface area contributed by atoms with E-state index in [2.05, 4.69) is 4.90 Å². The average Bonchev–Trinajstić information content (AvgIpc) is 3.05. The van der Waals surface area contributed by atoms with Gasteiger partial charge >= 0.3 is 0 Å². The zero-order chi connectivity index (χ0) is 19.5. The number of ether oxygens (including phenoxy) is 2. The van der Waals surface area contributed by atoms with Crippen LogP contribution in [0, 0.1) is 4.77 Å². The van der Waals surface area contributed by atoms with Crippen molar-refractivity contribution in [2.75, 3.05) is 33.4 Å². The van der Waals surface area contributed by atoms with E-state index in [9.17, 15) is 0 Å². The van der Waals surface area contributed by atoms with Crippen LogP contribution in [0.25, 0.3) is 17.1 Å². The van der Waals surface area contributed by atoms with E-state index in [0.29, 0.717) is 16.5 Å². The van der Waals surface area contributed by atoms with E-state index >= 15 is 0 Å². The van der Waals surface area contributed by atoms with Crippen LogP contribution in [0.3, 0.4) is 0 Å². The van der Waals surface area contributed by atoms with Gasteiger partial charge < -0.3 is 9.47 Å². The van der Waals surface area contributed by atoms with Crippen LogP contribution in [0.4, 0.5) is 0 Å². The Hall–Kier alpha value is -2.19. The lowest BCUT2D eigenvalue weighted by Gasteiger charge is -2.26. The number of halogens is 1. The third-order valence-electron chi connectivity index (χ3n) is 4.69. The predicted molar refractivity (Wildman–Crippen MR) is 112 cm³/mol. The van der Waals surface area contributed by atoms with E-state index in [-0.39, 0.29) is 0 Å². The van der Waals surface area contributed by atoms with Gasteiger partial charge in [-0.3, -0.25) is 9.47 Å². The fourth-order valence-corrected chi connectivity index (χ4v) is 3.62. The van der Waals surface area contributed by atoms with E-state index in [1.807, 2.05) is 57.8 Å². The summed E-state index contributed by atoms with van der Waals surface area (Å²) in [5.74, 6) is 1.54. The molecule has 3 aromatic rings. The number of hydrogen-bond acceptors (Lipinski definition) is 5. The summed E-state index contributed by atoms with van der Waals surface area (Å²) in [6, 6.07) is 15.4. The number of aromatic nitrogens is 3. The van der Waals surface area contributed by atoms with Crippen LogP contribution < -0.4 is 4.74 Å². The molecule has 1 aromatic heterocycles. The van der Waals surface area contributed by atoms with Crippen LogP contribution in [-0.2, 0) is 11.4 Å². The Morgan fingerprint density at radius 2 is 1.89 bits per heavy atom. The van der Waals surface area contributed by atoms with Gasteiger partial charge in [0.2, 0.25) is 4.77 Å². The molecule has 0 atom stereocenters. The fourth-order valence-electron chi connectivity index (χ4n) is 3.20. The highest BCUT2D eigenvalue weighted by atomic mass is 35.5. The number of hydrogen-bond donors (Lipinski definition) is 0. The average molecular weight is 417 g/mol. The Balaban J connectivity index is 1.81. The second-order valence-corrected chi connectivity index (χ2v) is 7.32. The largest absolute Gasteiger partial charge is 0.497 e. The number of benzene rings is 2. The summed E-state index contributed by atoms with van der Waals surface area (Å²) in [6.45, 7) is 3.82. The summed E-state index contributed by atoms with van der Waals surface area (Å²) < 4.78 is 15.3. The summed E-state index contributed by atoms with van der Waals surface area (Å²) in [6.07, 6.45) is 0. The molecule has 0 unspecified atom stereocenters. The molecule has 146 valence electrons. The molecule has 4 rings (SSSR count). The molecule has 0 spiro atoms. The lowest BCUT2D eigenvalue weighted by atomic mass is 10.2. The summed E-state index contributed by atoms with van der Waals surface area (Å²) in [7, 11) is 1.65. The van der Waals surface area contributed by atoms with Crippen molar-refractivity contribution in [3.05, 3.63) is 58.3 Å². The maximum absolute atomic E-state index is 6.08. The number of morpholine rings is 1. The van der Waals surface area contributed by atoms with Crippen LogP contribution in [0.2, 0.25) is 5.02 Å². The van der Waals surface area contributed by atoms with Gasteiger partial charge in [-0.1, -0.05) is 23.7 Å². The van der Waals surface area contributed by atoms with Gasteiger partial charge in [-0.2, -0.15) is 0 Å². The molecule has 2 heterocycles. The van der Waals surface area contributed by atoms with Crippen LogP contribution in [0.1, 0.15) is 0 Å². The quantitative estimate of drug-likeness (QED) is 0.588. The molecule has 0 amide bonds. The summed E-state index contributed by atoms with van der Waals surface area (Å²) >= 11 is 11.9. The van der Waals surface area contributed by atoms with Crippen molar-refractivity contribution >= 4 is 23.8 Å². The standard InChI is InChI=1S/C20H21ClN4O2S/c1-26-18-4-2-3-15(13-18)19-22-24(14-23-9-11-27-12-10-23)20(28)25(19)17-7-5-16(21)6-8-17/h2-8,13H,9-12,14H2,1H3. The van der Waals surface area contributed by atoms with E-state index in [1.54, 1.807) is 7.11 Å². The minimum atomic E-state index is 0.625. The van der Waals surface area contributed by atoms with Crippen molar-refractivity contribution in [1.82, 2.24) is 19.2 Å². The van der Waals surface area contributed by atoms with Gasteiger partial charge in [0.15, 0.2) is 5.82 Å². The summed E-state index contributed by atoms with van der Waals surface area (Å²) in [4.78, 5) is 2.29. The molecule has 0 bridgehead atoms. The van der Waals surface area contributed by atoms with E-state index in [0.717, 1.165) is 49.1 Å². The molecular weight excluding hydrogens is 396 g/mol. The first kappa shape index (κ1) is 19.1. The first-order chi connectivity index (χ1) is 13.7. The molecule has 2 aromatic carbocycles. The third-order valence-corrected chi connectivity index (χ3v) is 5.34. The Labute approximate surface area is 173 Å². The lowest BCUT2D eigenvalue weighted by molar-refractivity contribution is 0.0210. The van der Waals surface area contributed by atoms with E-state index < -0.39 is 0 Å². The van der Waals surface area contributed by atoms with Crippen molar-refractivity contribution in [2.45, 2.75) is 6.67 Å². The van der Waals surface area contributed by atoms with Crippen molar-refractivity contribution < 1.29 is 9.47 Å². The molecular formula is C20H21ClN4O2S. The minimum Gasteiger partial charge on any atom is -0.497 e. The lowest BCUT2D eigenvalue weighted by Crippen LogP contribution is -2.37. The summed E-state index contributed by atoms with van der Waals surface area (Å²) in [5, 5.41) is 5.53. The van der Waals surface area contributed by atoms with Crippen molar-refractivity contribution in [1.29, 1.82) is 0 Å². The zero-order valence-electron chi connectivity index (χ0n) is 15.5. The Bertz CT molecular complexity index is 1010. The second kappa shape index (κ2) is 8.45. The Morgan fingerprint density at radius 3 is 2.61 bits per heavy atom. The molecule has 1 fully saturated rings. The predicted octanol–water partition coefficient (Wildman–Crippen LogP) is 4.02. The van der Waals surface area contributed by atoms with Gasteiger partial charge in [0.1, 0.15) is 5.75 Å². The first-order valence-corrected chi connectivity index (χ1v) is 9.84. The molecule has 0 N–H and O–H groups in total. The highest BCUT2D eigenvalue weighted by Gasteiger charge is 2.18. The minimum absolute atomic E-state index is 0.625. The van der Waals surface area contributed by atoms with Gasteiger partial charge in [-0.05, 0) is 48.6 Å². The van der Waals surface area contributed by atoms with Crippen LogP contribution >= 0.6 is 23.8 Å². The maximum atomic E-state index is 6.08. The smallest absolute Gasteiger partial charge is 0.204 e. The molecule has 1 aliphatic heterocycles. The highest BCUT2D eigenvalue weighted by Crippen LogP contribution is 2.26. The Kier molecular flexibility index (Phi) is 5.77. The SMILES string of the molecule is COc1cccc(-c2nn(CN3CCOCC3)c(=S)n2-c2ccc(Cl)cc2)c1. The normalized spacial score (nSPS) is 14.9. The molecule has 0 radical (unpaired) electrons. The molecule has 8 heteroatoms. The Morgan fingerprint density at radius 1 is 1.14 bits per heavy atom. The van der Waals surface area contributed by atoms with Gasteiger partial charge in [0.25, 0.3) is 0 Å². The molecule has 0 aliphatic carbocycles. The van der Waals surface area contributed by atoms with Crippen molar-refractivity contribution in [3.8, 4) is 22.8 Å².